The Morgan fingerprint density at radius 3 is 2.44 bits per heavy atom. The molecule has 0 spiro atoms. The molecule has 0 bridgehead atoms. The maximum atomic E-state index is 11.2. The first-order valence-electron chi connectivity index (χ1n) is 5.45. The summed E-state index contributed by atoms with van der Waals surface area (Å²) in [6, 6.07) is 0. The molecule has 0 aromatic heterocycles. The van der Waals surface area contributed by atoms with Crippen molar-refractivity contribution in [3.63, 3.8) is 0 Å². The van der Waals surface area contributed by atoms with E-state index in [1.807, 2.05) is 11.8 Å². The maximum Gasteiger partial charge on any atom is 0.332 e. The Kier molecular flexibility index (Phi) is 10.8. The van der Waals surface area contributed by atoms with Gasteiger partial charge < -0.3 is 9.64 Å². The van der Waals surface area contributed by atoms with Crippen molar-refractivity contribution >= 4 is 29.2 Å². The number of hydrogen-bond donors (Lipinski definition) is 0. The Balaban J connectivity index is 3.86. The smallest absolute Gasteiger partial charge is 0.332 e. The van der Waals surface area contributed by atoms with E-state index in [4.69, 9.17) is 27.9 Å². The molecule has 0 aliphatic carbocycles. The normalized spacial score (nSPS) is 10.7. The lowest BCUT2D eigenvalue weighted by Crippen LogP contribution is -2.22. The van der Waals surface area contributed by atoms with E-state index in [1.165, 1.54) is 6.08 Å². The van der Waals surface area contributed by atoms with Gasteiger partial charge in [-0.25, -0.2) is 4.79 Å². The molecule has 0 rings (SSSR count). The molecule has 0 amide bonds. The van der Waals surface area contributed by atoms with Gasteiger partial charge in [0.05, 0.1) is 6.61 Å². The number of unbranched alkanes of at least 4 members (excludes halogenated alkanes) is 1. The molecule has 0 heterocycles. The highest BCUT2D eigenvalue weighted by atomic mass is 35.5. The summed E-state index contributed by atoms with van der Waals surface area (Å²) in [6.07, 6.45) is 5.00. The highest BCUT2D eigenvalue weighted by Crippen LogP contribution is 1.95. The lowest BCUT2D eigenvalue weighted by molar-refractivity contribution is -0.137. The van der Waals surface area contributed by atoms with Crippen LogP contribution in [0.5, 0.6) is 0 Å². The van der Waals surface area contributed by atoms with Crippen LogP contribution >= 0.6 is 23.2 Å². The largest absolute Gasteiger partial charge is 0.462 e. The standard InChI is InChI=1S/C11H19Cl2NO2/c1-2-3-10-16-11(15)4-7-14(8-5-12)9-6-13/h4,7H,2-3,5-6,8-10H2,1H3. The van der Waals surface area contributed by atoms with Crippen LogP contribution < -0.4 is 0 Å². The van der Waals surface area contributed by atoms with Gasteiger partial charge in [-0.3, -0.25) is 0 Å². The van der Waals surface area contributed by atoms with E-state index in [0.29, 0.717) is 31.5 Å². The second kappa shape index (κ2) is 11.1. The summed E-state index contributed by atoms with van der Waals surface area (Å²) in [5, 5.41) is 0. The van der Waals surface area contributed by atoms with Gasteiger partial charge in [-0.15, -0.1) is 23.2 Å². The van der Waals surface area contributed by atoms with Crippen molar-refractivity contribution < 1.29 is 9.53 Å². The summed E-state index contributed by atoms with van der Waals surface area (Å²) in [7, 11) is 0. The van der Waals surface area contributed by atoms with Crippen LogP contribution in [0.15, 0.2) is 12.3 Å². The molecule has 3 nitrogen and oxygen atoms in total. The predicted molar refractivity (Wildman–Crippen MR) is 68.0 cm³/mol. The fourth-order valence-corrected chi connectivity index (χ4v) is 1.44. The van der Waals surface area contributed by atoms with Crippen molar-refractivity contribution in [2.24, 2.45) is 0 Å². The molecule has 0 fully saturated rings. The number of esters is 1. The van der Waals surface area contributed by atoms with Gasteiger partial charge in [0, 0.05) is 37.1 Å². The minimum absolute atomic E-state index is 0.317. The first kappa shape index (κ1) is 15.6. The monoisotopic (exact) mass is 267 g/mol. The topological polar surface area (TPSA) is 29.5 Å². The Morgan fingerprint density at radius 1 is 1.31 bits per heavy atom. The fraction of sp³-hybridized carbons (Fsp3) is 0.727. The molecule has 0 atom stereocenters. The molecular weight excluding hydrogens is 249 g/mol. The number of ether oxygens (including phenoxy) is 1. The number of alkyl halides is 2. The molecule has 0 saturated carbocycles. The summed E-state index contributed by atoms with van der Waals surface area (Å²) in [5.41, 5.74) is 0. The molecule has 0 aromatic carbocycles. The summed E-state index contributed by atoms with van der Waals surface area (Å²) < 4.78 is 4.97. The van der Waals surface area contributed by atoms with Crippen LogP contribution in [0.3, 0.4) is 0 Å². The molecule has 0 unspecified atom stereocenters. The van der Waals surface area contributed by atoms with Crippen LogP contribution in [0.1, 0.15) is 19.8 Å². The summed E-state index contributed by atoms with van der Waals surface area (Å²) in [4.78, 5) is 13.1. The van der Waals surface area contributed by atoms with E-state index >= 15 is 0 Å². The molecular formula is C11H19Cl2NO2. The van der Waals surface area contributed by atoms with Gasteiger partial charge in [0.15, 0.2) is 0 Å². The molecule has 0 aromatic rings. The van der Waals surface area contributed by atoms with Gasteiger partial charge >= 0.3 is 5.97 Å². The number of carbonyl (C=O) groups excluding carboxylic acids is 1. The molecule has 94 valence electrons. The van der Waals surface area contributed by atoms with Crippen molar-refractivity contribution in [2.75, 3.05) is 31.5 Å². The van der Waals surface area contributed by atoms with Gasteiger partial charge in [0.25, 0.3) is 0 Å². The van der Waals surface area contributed by atoms with Crippen molar-refractivity contribution in [3.8, 4) is 0 Å². The Hall–Kier alpha value is -0.410. The minimum atomic E-state index is -0.317. The van der Waals surface area contributed by atoms with Gasteiger partial charge in [-0.1, -0.05) is 13.3 Å². The number of nitrogens with zero attached hydrogens (tertiary/aromatic N) is 1. The maximum absolute atomic E-state index is 11.2. The zero-order valence-electron chi connectivity index (χ0n) is 9.62. The average Bonchev–Trinajstić information content (AvgIpc) is 2.27. The SMILES string of the molecule is CCCCOC(=O)C=CN(CCCl)CCCl. The van der Waals surface area contributed by atoms with Gasteiger partial charge in [-0.2, -0.15) is 0 Å². The van der Waals surface area contributed by atoms with Crippen molar-refractivity contribution in [1.29, 1.82) is 0 Å². The van der Waals surface area contributed by atoms with E-state index in [2.05, 4.69) is 0 Å². The second-order valence-electron chi connectivity index (χ2n) is 3.25. The first-order valence-corrected chi connectivity index (χ1v) is 6.52. The summed E-state index contributed by atoms with van der Waals surface area (Å²) in [5.74, 6) is 0.695. The number of rotatable bonds is 9. The van der Waals surface area contributed by atoms with Crippen LogP contribution in [0.25, 0.3) is 0 Å². The molecule has 0 saturated heterocycles. The van der Waals surface area contributed by atoms with Gasteiger partial charge in [0.2, 0.25) is 0 Å². The highest BCUT2D eigenvalue weighted by Gasteiger charge is 2.00. The third-order valence-electron chi connectivity index (χ3n) is 1.91. The third-order valence-corrected chi connectivity index (χ3v) is 2.25. The fourth-order valence-electron chi connectivity index (χ4n) is 1.01. The van der Waals surface area contributed by atoms with E-state index in [-0.39, 0.29) is 5.97 Å². The highest BCUT2D eigenvalue weighted by molar-refractivity contribution is 6.18. The van der Waals surface area contributed by atoms with Crippen molar-refractivity contribution in [1.82, 2.24) is 4.90 Å². The van der Waals surface area contributed by atoms with Crippen LogP contribution in [-0.2, 0) is 9.53 Å². The first-order chi connectivity index (χ1) is 7.74. The van der Waals surface area contributed by atoms with Crippen molar-refractivity contribution in [2.45, 2.75) is 19.8 Å². The van der Waals surface area contributed by atoms with Gasteiger partial charge in [-0.05, 0) is 6.42 Å². The minimum Gasteiger partial charge on any atom is -0.462 e. The number of hydrogen-bond acceptors (Lipinski definition) is 3. The second-order valence-corrected chi connectivity index (χ2v) is 4.01. The zero-order chi connectivity index (χ0) is 12.2. The van der Waals surface area contributed by atoms with E-state index in [0.717, 1.165) is 12.8 Å². The van der Waals surface area contributed by atoms with Crippen LogP contribution in [0.2, 0.25) is 0 Å². The predicted octanol–water partition coefficient (Wildman–Crippen LogP) is 2.62. The molecule has 0 aliphatic heterocycles. The molecule has 16 heavy (non-hydrogen) atoms. The van der Waals surface area contributed by atoms with E-state index in [1.54, 1.807) is 6.20 Å². The molecule has 0 N–H and O–H groups in total. The number of halogens is 2. The van der Waals surface area contributed by atoms with E-state index < -0.39 is 0 Å². The molecule has 5 heteroatoms. The zero-order valence-corrected chi connectivity index (χ0v) is 11.1. The number of carbonyl (C=O) groups is 1. The lowest BCUT2D eigenvalue weighted by Gasteiger charge is -2.16. The quantitative estimate of drug-likeness (QED) is 0.278. The summed E-state index contributed by atoms with van der Waals surface area (Å²) >= 11 is 11.2. The Bertz CT molecular complexity index is 204. The van der Waals surface area contributed by atoms with Gasteiger partial charge in [0.1, 0.15) is 0 Å². The van der Waals surface area contributed by atoms with E-state index in [9.17, 15) is 4.79 Å². The third kappa shape index (κ3) is 8.86. The Morgan fingerprint density at radius 2 is 1.94 bits per heavy atom. The average molecular weight is 268 g/mol. The van der Waals surface area contributed by atoms with Crippen molar-refractivity contribution in [3.05, 3.63) is 12.3 Å². The summed E-state index contributed by atoms with van der Waals surface area (Å²) in [6.45, 7) is 3.87. The van der Waals surface area contributed by atoms with Crippen LogP contribution in [-0.4, -0.2) is 42.3 Å². The van der Waals surface area contributed by atoms with Crippen LogP contribution in [0, 0.1) is 0 Å². The Labute approximate surface area is 107 Å². The molecule has 0 aliphatic rings. The van der Waals surface area contributed by atoms with Crippen LogP contribution in [0.4, 0.5) is 0 Å². The molecule has 0 radical (unpaired) electrons. The lowest BCUT2D eigenvalue weighted by atomic mass is 10.4.